The minimum absolute atomic E-state index is 0.118. The van der Waals surface area contributed by atoms with Gasteiger partial charge in [0.2, 0.25) is 5.88 Å². The first-order chi connectivity index (χ1) is 15.5. The van der Waals surface area contributed by atoms with Crippen molar-refractivity contribution in [2.24, 2.45) is 0 Å². The van der Waals surface area contributed by atoms with Crippen LogP contribution in [0.25, 0.3) is 0 Å². The highest BCUT2D eigenvalue weighted by atomic mass is 19.1. The van der Waals surface area contributed by atoms with Crippen LogP contribution < -0.4 is 25.4 Å². The van der Waals surface area contributed by atoms with Gasteiger partial charge in [-0.3, -0.25) is 9.55 Å². The van der Waals surface area contributed by atoms with E-state index in [4.69, 9.17) is 9.47 Å². The molecule has 1 fully saturated rings. The Bertz CT molecular complexity index is 1190. The van der Waals surface area contributed by atoms with Gasteiger partial charge < -0.3 is 19.7 Å². The van der Waals surface area contributed by atoms with Crippen molar-refractivity contribution in [3.63, 3.8) is 0 Å². The van der Waals surface area contributed by atoms with Crippen LogP contribution in [-0.2, 0) is 13.2 Å². The van der Waals surface area contributed by atoms with Gasteiger partial charge in [-0.15, -0.1) is 0 Å². The Balaban J connectivity index is 1.32. The highest BCUT2D eigenvalue weighted by Gasteiger charge is 2.32. The minimum Gasteiger partial charge on any atom is -0.473 e. The van der Waals surface area contributed by atoms with Gasteiger partial charge in [0, 0.05) is 31.4 Å². The van der Waals surface area contributed by atoms with Crippen molar-refractivity contribution in [1.29, 1.82) is 0 Å². The number of hydrogen-bond donors (Lipinski definition) is 1. The predicted octanol–water partition coefficient (Wildman–Crippen LogP) is 2.39. The smallest absolute Gasteiger partial charge is 0.352 e. The summed E-state index contributed by atoms with van der Waals surface area (Å²) in [5.41, 5.74) is 0.606. The molecule has 0 spiro atoms. The van der Waals surface area contributed by atoms with Crippen LogP contribution in [0, 0.1) is 18.6 Å². The second-order valence-corrected chi connectivity index (χ2v) is 7.81. The molecule has 0 amide bonds. The third kappa shape index (κ3) is 3.89. The highest BCUT2D eigenvalue weighted by molar-refractivity contribution is 5.47. The average molecular weight is 441 g/mol. The first kappa shape index (κ1) is 20.4. The molecule has 0 aliphatic carbocycles. The molecule has 166 valence electrons. The molecule has 1 atom stereocenters. The van der Waals surface area contributed by atoms with E-state index in [1.807, 2.05) is 0 Å². The topological polar surface area (TPSA) is 81.5 Å². The van der Waals surface area contributed by atoms with E-state index in [0.29, 0.717) is 6.54 Å². The Hall–Kier alpha value is -3.53. The summed E-state index contributed by atoms with van der Waals surface area (Å²) in [5.74, 6) is -1.15. The zero-order valence-corrected chi connectivity index (χ0v) is 17.3. The van der Waals surface area contributed by atoms with E-state index in [1.165, 1.54) is 6.20 Å². The van der Waals surface area contributed by atoms with Gasteiger partial charge in [-0.25, -0.2) is 13.6 Å². The normalized spacial score (nSPS) is 17.1. The molecule has 4 heterocycles. The molecule has 0 radical (unpaired) electrons. The maximum absolute atomic E-state index is 14.5. The lowest BCUT2D eigenvalue weighted by molar-refractivity contribution is 0.289. The van der Waals surface area contributed by atoms with Crippen LogP contribution >= 0.6 is 0 Å². The van der Waals surface area contributed by atoms with Gasteiger partial charge in [-0.05, 0) is 36.8 Å². The molecule has 2 aliphatic heterocycles. The monoisotopic (exact) mass is 441 g/mol. The molecule has 0 saturated carbocycles. The highest BCUT2D eigenvalue weighted by Crippen LogP contribution is 2.30. The number of pyridine rings is 1. The molecule has 1 saturated heterocycles. The van der Waals surface area contributed by atoms with Crippen molar-refractivity contribution in [3.05, 3.63) is 69.9 Å². The number of aryl methyl sites for hydroxylation is 1. The van der Waals surface area contributed by atoms with E-state index >= 15 is 0 Å². The van der Waals surface area contributed by atoms with Gasteiger partial charge in [0.1, 0.15) is 18.2 Å². The first-order valence-corrected chi connectivity index (χ1v) is 10.3. The van der Waals surface area contributed by atoms with Crippen molar-refractivity contribution < 1.29 is 18.3 Å². The van der Waals surface area contributed by atoms with Gasteiger partial charge in [-0.2, -0.15) is 4.98 Å². The summed E-state index contributed by atoms with van der Waals surface area (Å²) in [6.07, 6.45) is 1.40. The number of piperazine rings is 1. The number of nitrogens with zero attached hydrogens (tertiary/aromatic N) is 4. The molecular weight excluding hydrogens is 420 g/mol. The maximum Gasteiger partial charge on any atom is 0.352 e. The fraction of sp³-hybridized carbons (Fsp3) is 0.318. The fourth-order valence-corrected chi connectivity index (χ4v) is 3.98. The summed E-state index contributed by atoms with van der Waals surface area (Å²) >= 11 is 0. The van der Waals surface area contributed by atoms with Crippen molar-refractivity contribution in [1.82, 2.24) is 19.9 Å². The van der Waals surface area contributed by atoms with Crippen LogP contribution in [0.3, 0.4) is 0 Å². The Morgan fingerprint density at radius 1 is 1.22 bits per heavy atom. The van der Waals surface area contributed by atoms with E-state index in [-0.39, 0.29) is 29.8 Å². The molecule has 8 nitrogen and oxygen atoms in total. The Morgan fingerprint density at radius 3 is 2.78 bits per heavy atom. The number of benzene rings is 1. The summed E-state index contributed by atoms with van der Waals surface area (Å²) in [6, 6.07) is 7.43. The van der Waals surface area contributed by atoms with E-state index in [0.717, 1.165) is 43.3 Å². The molecule has 5 rings (SSSR count). The molecule has 0 bridgehead atoms. The van der Waals surface area contributed by atoms with Gasteiger partial charge in [-0.1, -0.05) is 0 Å². The summed E-state index contributed by atoms with van der Waals surface area (Å²) in [4.78, 5) is 22.6. The average Bonchev–Trinajstić information content (AvgIpc) is 3.16. The van der Waals surface area contributed by atoms with Crippen LogP contribution in [0.2, 0.25) is 0 Å². The molecular formula is C22H21F2N5O3. The van der Waals surface area contributed by atoms with Gasteiger partial charge in [0.25, 0.3) is 0 Å². The number of rotatable bonds is 5. The lowest BCUT2D eigenvalue weighted by atomic mass is 10.2. The van der Waals surface area contributed by atoms with Crippen LogP contribution in [0.15, 0.2) is 41.3 Å². The molecule has 2 aliphatic rings. The molecule has 32 heavy (non-hydrogen) atoms. The molecule has 1 aromatic carbocycles. The first-order valence-electron chi connectivity index (χ1n) is 10.3. The van der Waals surface area contributed by atoms with E-state index in [2.05, 4.69) is 20.2 Å². The number of hydrogen-bond acceptors (Lipinski definition) is 7. The third-order valence-electron chi connectivity index (χ3n) is 5.55. The second-order valence-electron chi connectivity index (χ2n) is 7.81. The van der Waals surface area contributed by atoms with Gasteiger partial charge in [0.15, 0.2) is 17.4 Å². The summed E-state index contributed by atoms with van der Waals surface area (Å²) < 4.78 is 41.6. The molecule has 2 aromatic heterocycles. The SMILES string of the molecule is Cc1ccc(Oc2c(F)cc(COc3cc4n(c(=O)n3)CC3CNCCN43)cc2F)cn1. The Kier molecular flexibility index (Phi) is 5.22. The van der Waals surface area contributed by atoms with Crippen LogP contribution in [0.5, 0.6) is 17.4 Å². The van der Waals surface area contributed by atoms with Crippen LogP contribution in [-0.4, -0.2) is 40.2 Å². The van der Waals surface area contributed by atoms with Crippen LogP contribution in [0.1, 0.15) is 11.3 Å². The summed E-state index contributed by atoms with van der Waals surface area (Å²) in [7, 11) is 0. The van der Waals surface area contributed by atoms with Crippen LogP contribution in [0.4, 0.5) is 14.6 Å². The van der Waals surface area contributed by atoms with E-state index in [1.54, 1.807) is 29.7 Å². The third-order valence-corrected chi connectivity index (χ3v) is 5.55. The predicted molar refractivity (Wildman–Crippen MR) is 112 cm³/mol. The lowest BCUT2D eigenvalue weighted by Crippen LogP contribution is -2.49. The van der Waals surface area contributed by atoms with E-state index < -0.39 is 23.1 Å². The number of aromatic nitrogens is 3. The molecule has 1 N–H and O–H groups in total. The van der Waals surface area contributed by atoms with Gasteiger partial charge >= 0.3 is 5.69 Å². The largest absolute Gasteiger partial charge is 0.473 e. The number of halogens is 2. The lowest BCUT2D eigenvalue weighted by Gasteiger charge is -2.31. The zero-order valence-electron chi connectivity index (χ0n) is 17.3. The van der Waals surface area contributed by atoms with E-state index in [9.17, 15) is 13.6 Å². The Morgan fingerprint density at radius 2 is 2.03 bits per heavy atom. The van der Waals surface area contributed by atoms with Crippen molar-refractivity contribution in [3.8, 4) is 17.4 Å². The number of nitrogens with one attached hydrogen (secondary N) is 1. The summed E-state index contributed by atoms with van der Waals surface area (Å²) in [5, 5.41) is 3.31. The number of fused-ring (bicyclic) bond motifs is 3. The molecule has 3 aromatic rings. The van der Waals surface area contributed by atoms with Crippen molar-refractivity contribution in [2.45, 2.75) is 26.1 Å². The second kappa shape index (κ2) is 8.19. The maximum atomic E-state index is 14.5. The minimum atomic E-state index is -0.866. The number of ether oxygens (including phenoxy) is 2. The summed E-state index contributed by atoms with van der Waals surface area (Å²) in [6.45, 7) is 4.62. The Labute approximate surface area is 182 Å². The van der Waals surface area contributed by atoms with Gasteiger partial charge in [0.05, 0.1) is 18.8 Å². The number of anilines is 1. The molecule has 10 heteroatoms. The van der Waals surface area contributed by atoms with Crippen molar-refractivity contribution >= 4 is 5.82 Å². The standard InChI is InChI=1S/C22H21F2N5O3/c1-13-2-3-16(10-26-13)32-21-17(23)6-14(7-18(21)24)12-31-19-8-20-28-5-4-25-9-15(28)11-29(20)22(30)27-19/h2-3,6-8,10,15,25H,4-5,9,11-12H2,1H3. The zero-order chi connectivity index (χ0) is 22.2. The van der Waals surface area contributed by atoms with Crippen molar-refractivity contribution in [2.75, 3.05) is 24.5 Å². The molecule has 1 unspecified atom stereocenters. The quantitative estimate of drug-likeness (QED) is 0.651. The fourth-order valence-electron chi connectivity index (χ4n) is 3.98.